The van der Waals surface area contributed by atoms with Crippen molar-refractivity contribution in [1.82, 2.24) is 15.3 Å². The van der Waals surface area contributed by atoms with E-state index >= 15 is 0 Å². The third-order valence-corrected chi connectivity index (χ3v) is 8.28. The first-order chi connectivity index (χ1) is 22.0. The molecule has 0 unspecified atom stereocenters. The van der Waals surface area contributed by atoms with E-state index in [1.165, 1.54) is 51.1 Å². The summed E-state index contributed by atoms with van der Waals surface area (Å²) in [5, 5.41) is 17.5. The molecule has 5 rings (SSSR count). The number of halogens is 2. The molecule has 0 spiro atoms. The van der Waals surface area contributed by atoms with Gasteiger partial charge in [0.15, 0.2) is 5.78 Å². The molecule has 10 nitrogen and oxygen atoms in total. The molecule has 12 heteroatoms. The monoisotopic (exact) mass is 645 g/mol. The number of rotatable bonds is 10. The molecule has 2 atom stereocenters. The Bertz CT molecular complexity index is 1890. The molecule has 0 fully saturated rings. The van der Waals surface area contributed by atoms with Crippen LogP contribution in [-0.2, 0) is 15.8 Å². The second-order valence-corrected chi connectivity index (χ2v) is 13.1. The number of hydrogen-bond acceptors (Lipinski definition) is 7. The van der Waals surface area contributed by atoms with E-state index in [1.807, 2.05) is 13.0 Å². The van der Waals surface area contributed by atoms with Crippen molar-refractivity contribution >= 4 is 34.3 Å². The number of ketones is 1. The molecule has 1 aliphatic rings. The Kier molecular flexibility index (Phi) is 8.76. The zero-order valence-corrected chi connectivity index (χ0v) is 26.8. The smallest absolute Gasteiger partial charge is 0.319 e. The van der Waals surface area contributed by atoms with E-state index in [9.17, 15) is 28.3 Å². The third-order valence-electron chi connectivity index (χ3n) is 8.28. The average molecular weight is 646 g/mol. The molecule has 47 heavy (non-hydrogen) atoms. The molecule has 1 aliphatic heterocycles. The SMILES string of the molecule is Cc1cnc2c(NC(=O)NCC(C)(C)F)cc(C(=O)CC[C@](C)(O)c3cc4c(c(-c5ccc(F)cc5)n3)OC[C@]4(C)C(N)=O)cc2c1. The number of urea groups is 1. The van der Waals surface area contributed by atoms with Gasteiger partial charge < -0.3 is 26.2 Å². The minimum absolute atomic E-state index is 0.0339. The zero-order chi connectivity index (χ0) is 34.3. The Morgan fingerprint density at radius 3 is 2.47 bits per heavy atom. The molecular weight excluding hydrogens is 608 g/mol. The lowest BCUT2D eigenvalue weighted by molar-refractivity contribution is -0.123. The fourth-order valence-corrected chi connectivity index (χ4v) is 5.37. The van der Waals surface area contributed by atoms with Crippen LogP contribution in [0, 0.1) is 12.7 Å². The number of alkyl halides is 1. The number of benzene rings is 2. The van der Waals surface area contributed by atoms with E-state index in [0.29, 0.717) is 33.5 Å². The fraction of sp³-hybridized carbons (Fsp3) is 0.343. The number of nitrogens with zero attached hydrogens (tertiary/aromatic N) is 2. The summed E-state index contributed by atoms with van der Waals surface area (Å²) >= 11 is 0. The van der Waals surface area contributed by atoms with Crippen molar-refractivity contribution in [2.75, 3.05) is 18.5 Å². The minimum Gasteiger partial charge on any atom is -0.489 e. The average Bonchev–Trinajstić information content (AvgIpc) is 3.36. The Morgan fingerprint density at radius 1 is 1.11 bits per heavy atom. The molecule has 3 heterocycles. The highest BCUT2D eigenvalue weighted by atomic mass is 19.1. The fourth-order valence-electron chi connectivity index (χ4n) is 5.37. The van der Waals surface area contributed by atoms with Crippen LogP contribution in [0.3, 0.4) is 0 Å². The number of aromatic nitrogens is 2. The number of Topliss-reactive ketones (excluding diaryl/α,β-unsaturated/α-hetero) is 1. The summed E-state index contributed by atoms with van der Waals surface area (Å²) in [6.45, 7) is 7.42. The standard InChI is InChI=1S/C35H37F2N5O5/c1-19-12-22-13-21(14-25(28(22)39-16-19)41-32(45)40-17-33(2,3)37)26(43)10-11-35(5,46)27-15-24-30(47-18-34(24,4)31(38)44)29(42-27)20-6-8-23(36)9-7-20/h6-9,12-16,46H,10-11,17-18H2,1-5H3,(H2,38,44)(H2,40,41,45)/t34-,35-/m0/s1. The van der Waals surface area contributed by atoms with E-state index in [1.54, 1.807) is 25.3 Å². The van der Waals surface area contributed by atoms with Gasteiger partial charge in [-0.15, -0.1) is 0 Å². The van der Waals surface area contributed by atoms with Crippen molar-refractivity contribution in [1.29, 1.82) is 0 Å². The largest absolute Gasteiger partial charge is 0.489 e. The van der Waals surface area contributed by atoms with Gasteiger partial charge in [0.05, 0.1) is 23.4 Å². The molecule has 0 bridgehead atoms. The lowest BCUT2D eigenvalue weighted by atomic mass is 9.81. The Morgan fingerprint density at radius 2 is 1.81 bits per heavy atom. The summed E-state index contributed by atoms with van der Waals surface area (Å²) in [7, 11) is 0. The highest BCUT2D eigenvalue weighted by Crippen LogP contribution is 2.46. The first-order valence-corrected chi connectivity index (χ1v) is 15.1. The topological polar surface area (TPSA) is 157 Å². The van der Waals surface area contributed by atoms with Crippen LogP contribution in [0.25, 0.3) is 22.2 Å². The summed E-state index contributed by atoms with van der Waals surface area (Å²) in [5.41, 5.74) is 4.51. The number of carbonyl (C=O) groups excluding carboxylic acids is 3. The van der Waals surface area contributed by atoms with Crippen molar-refractivity contribution in [3.05, 3.63) is 82.9 Å². The maximum Gasteiger partial charge on any atom is 0.319 e. The number of pyridine rings is 2. The zero-order valence-electron chi connectivity index (χ0n) is 26.8. The normalized spacial score (nSPS) is 17.0. The molecule has 5 N–H and O–H groups in total. The van der Waals surface area contributed by atoms with Gasteiger partial charge in [0, 0.05) is 34.7 Å². The summed E-state index contributed by atoms with van der Waals surface area (Å²) in [6.07, 6.45) is 1.45. The molecule has 0 radical (unpaired) electrons. The lowest BCUT2D eigenvalue weighted by Gasteiger charge is -2.26. The molecule has 0 saturated heterocycles. The van der Waals surface area contributed by atoms with Gasteiger partial charge in [-0.1, -0.05) is 0 Å². The van der Waals surface area contributed by atoms with E-state index in [0.717, 1.165) is 5.56 Å². The summed E-state index contributed by atoms with van der Waals surface area (Å²) in [4.78, 5) is 47.8. The van der Waals surface area contributed by atoms with Crippen LogP contribution in [0.5, 0.6) is 5.75 Å². The number of aliphatic hydroxyl groups is 1. The summed E-state index contributed by atoms with van der Waals surface area (Å²) in [6, 6.07) is 11.5. The van der Waals surface area contributed by atoms with Crippen molar-refractivity contribution < 1.29 is 33.0 Å². The highest BCUT2D eigenvalue weighted by Gasteiger charge is 2.45. The van der Waals surface area contributed by atoms with Gasteiger partial charge in [-0.25, -0.2) is 18.6 Å². The maximum atomic E-state index is 14.0. The van der Waals surface area contributed by atoms with Crippen LogP contribution in [0.2, 0.25) is 0 Å². The van der Waals surface area contributed by atoms with Crippen molar-refractivity contribution in [2.24, 2.45) is 5.73 Å². The second-order valence-electron chi connectivity index (χ2n) is 13.1. The van der Waals surface area contributed by atoms with E-state index in [2.05, 4.69) is 20.6 Å². The van der Waals surface area contributed by atoms with Crippen LogP contribution in [0.15, 0.2) is 54.7 Å². The predicted octanol–water partition coefficient (Wildman–Crippen LogP) is 5.62. The van der Waals surface area contributed by atoms with Crippen molar-refractivity contribution in [3.8, 4) is 17.0 Å². The molecule has 2 aromatic heterocycles. The maximum absolute atomic E-state index is 14.0. The summed E-state index contributed by atoms with van der Waals surface area (Å²) < 4.78 is 33.6. The number of hydrogen-bond donors (Lipinski definition) is 4. The molecule has 3 amide bonds. The predicted molar refractivity (Wildman–Crippen MR) is 173 cm³/mol. The lowest BCUT2D eigenvalue weighted by Crippen LogP contribution is -2.40. The van der Waals surface area contributed by atoms with Gasteiger partial charge in [0.25, 0.3) is 0 Å². The Balaban J connectivity index is 1.45. The number of amides is 3. The number of nitrogens with two attached hydrogens (primary N) is 1. The van der Waals surface area contributed by atoms with Gasteiger partial charge >= 0.3 is 6.03 Å². The van der Waals surface area contributed by atoms with Gasteiger partial charge in [0.2, 0.25) is 5.91 Å². The van der Waals surface area contributed by atoms with Crippen molar-refractivity contribution in [2.45, 2.75) is 64.1 Å². The van der Waals surface area contributed by atoms with Crippen molar-refractivity contribution in [3.63, 3.8) is 0 Å². The number of fused-ring (bicyclic) bond motifs is 2. The van der Waals surface area contributed by atoms with E-state index < -0.39 is 34.4 Å². The number of carbonyl (C=O) groups is 3. The number of ether oxygens (including phenoxy) is 1. The van der Waals surface area contributed by atoms with E-state index in [4.69, 9.17) is 10.5 Å². The number of anilines is 1. The number of aryl methyl sites for hydroxylation is 1. The highest BCUT2D eigenvalue weighted by molar-refractivity contribution is 6.06. The number of nitrogens with one attached hydrogen (secondary N) is 2. The van der Waals surface area contributed by atoms with E-state index in [-0.39, 0.29) is 48.7 Å². The molecular formula is C35H37F2N5O5. The number of primary amides is 1. The van der Waals surface area contributed by atoms with Gasteiger partial charge in [-0.3, -0.25) is 14.6 Å². The Hall–Kier alpha value is -4.97. The van der Waals surface area contributed by atoms with Crippen LogP contribution >= 0.6 is 0 Å². The molecule has 4 aromatic rings. The summed E-state index contributed by atoms with van der Waals surface area (Å²) in [5.74, 6) is -1.09. The van der Waals surface area contributed by atoms with Gasteiger partial charge in [-0.2, -0.15) is 0 Å². The third kappa shape index (κ3) is 7.07. The molecule has 0 saturated carbocycles. The molecule has 2 aromatic carbocycles. The first-order valence-electron chi connectivity index (χ1n) is 15.1. The van der Waals surface area contributed by atoms with Crippen LogP contribution in [0.4, 0.5) is 19.3 Å². The molecule has 246 valence electrons. The minimum atomic E-state index is -1.66. The Labute approximate surface area is 270 Å². The molecule has 0 aliphatic carbocycles. The van der Waals surface area contributed by atoms with Gasteiger partial charge in [-0.05, 0) is 95.1 Å². The first kappa shape index (κ1) is 33.4. The van der Waals surface area contributed by atoms with Crippen LogP contribution < -0.4 is 21.1 Å². The van der Waals surface area contributed by atoms with Crippen LogP contribution in [0.1, 0.15) is 67.7 Å². The second kappa shape index (κ2) is 12.3. The van der Waals surface area contributed by atoms with Crippen LogP contribution in [-0.4, -0.2) is 51.6 Å². The van der Waals surface area contributed by atoms with Gasteiger partial charge in [0.1, 0.15) is 40.6 Å². The quantitative estimate of drug-likeness (QED) is 0.163.